The molecule has 0 aliphatic carbocycles. The minimum atomic E-state index is -0.0382. The number of hydrogen-bond donors (Lipinski definition) is 1. The van der Waals surface area contributed by atoms with Crippen LogP contribution in [-0.4, -0.2) is 30.6 Å². The Bertz CT molecular complexity index is 253. The van der Waals surface area contributed by atoms with Crippen LogP contribution >= 0.6 is 0 Å². The van der Waals surface area contributed by atoms with E-state index >= 15 is 0 Å². The van der Waals surface area contributed by atoms with Crippen LogP contribution in [0.1, 0.15) is 6.92 Å². The van der Waals surface area contributed by atoms with E-state index in [0.29, 0.717) is 6.54 Å². The van der Waals surface area contributed by atoms with E-state index in [2.05, 4.69) is 5.32 Å². The van der Waals surface area contributed by atoms with Crippen molar-refractivity contribution in [1.82, 2.24) is 5.32 Å². The maximum atomic E-state index is 11.0. The molecular formula is C9H15BNO3. The lowest BCUT2D eigenvalue weighted by Gasteiger charge is -1.99. The van der Waals surface area contributed by atoms with Crippen LogP contribution in [0.5, 0.6) is 0 Å². The van der Waals surface area contributed by atoms with Crippen molar-refractivity contribution >= 4 is 18.5 Å². The summed E-state index contributed by atoms with van der Waals surface area (Å²) in [4.78, 5) is 11.0. The highest BCUT2D eigenvalue weighted by atomic mass is 16.1. The van der Waals surface area contributed by atoms with Gasteiger partial charge in [-0.05, 0) is 6.92 Å². The van der Waals surface area contributed by atoms with Crippen LogP contribution in [0.2, 0.25) is 0 Å². The van der Waals surface area contributed by atoms with Gasteiger partial charge < -0.3 is 16.3 Å². The van der Waals surface area contributed by atoms with Gasteiger partial charge in [0.25, 0.3) is 7.28 Å². The molecule has 0 heterocycles. The molecule has 0 saturated carbocycles. The first-order chi connectivity index (χ1) is 5.83. The van der Waals surface area contributed by atoms with E-state index in [-0.39, 0.29) is 16.8 Å². The molecule has 0 aliphatic heterocycles. The van der Waals surface area contributed by atoms with Crippen molar-refractivity contribution in [3.05, 3.63) is 30.3 Å². The summed E-state index contributed by atoms with van der Waals surface area (Å²) in [5, 5.41) is 2.70. The molecule has 0 unspecified atom stereocenters. The molecule has 5 heteroatoms. The fourth-order valence-electron chi connectivity index (χ4n) is 0.926. The van der Waals surface area contributed by atoms with E-state index in [1.165, 1.54) is 0 Å². The highest BCUT2D eigenvalue weighted by Gasteiger charge is 2.02. The minimum absolute atomic E-state index is 0. The highest BCUT2D eigenvalue weighted by Crippen LogP contribution is 1.81. The lowest BCUT2D eigenvalue weighted by molar-refractivity contribution is 0.260. The predicted molar refractivity (Wildman–Crippen MR) is 58.1 cm³/mol. The number of carbonyl (C=O) groups excluding carboxylic acids is 1. The smallest absolute Gasteiger partial charge is 0.271 e. The van der Waals surface area contributed by atoms with Crippen LogP contribution in [0.15, 0.2) is 30.3 Å². The van der Waals surface area contributed by atoms with E-state index in [0.717, 1.165) is 5.46 Å². The van der Waals surface area contributed by atoms with E-state index in [9.17, 15) is 4.79 Å². The van der Waals surface area contributed by atoms with Gasteiger partial charge in [0.2, 0.25) is 0 Å². The number of amides is 1. The molecule has 14 heavy (non-hydrogen) atoms. The third-order valence-electron chi connectivity index (χ3n) is 1.45. The van der Waals surface area contributed by atoms with Gasteiger partial charge in [-0.25, -0.2) is 0 Å². The van der Waals surface area contributed by atoms with E-state index < -0.39 is 0 Å². The Labute approximate surface area is 84.2 Å². The molecule has 0 fully saturated rings. The van der Waals surface area contributed by atoms with Crippen LogP contribution in [0, 0.1) is 0 Å². The molecular weight excluding hydrogens is 181 g/mol. The molecule has 1 amide bonds. The average Bonchev–Trinajstić information content (AvgIpc) is 2.06. The van der Waals surface area contributed by atoms with Gasteiger partial charge in [-0.15, -0.1) is 0 Å². The van der Waals surface area contributed by atoms with Crippen molar-refractivity contribution in [2.24, 2.45) is 0 Å². The summed E-state index contributed by atoms with van der Waals surface area (Å²) in [5.74, 6) is -0.0382. The molecule has 0 aliphatic rings. The Morgan fingerprint density at radius 2 is 1.86 bits per heavy atom. The van der Waals surface area contributed by atoms with Crippen LogP contribution in [-0.2, 0) is 0 Å². The lowest BCUT2D eigenvalue weighted by atomic mass is 9.69. The molecule has 1 rings (SSSR count). The topological polar surface area (TPSA) is 92.1 Å². The summed E-state index contributed by atoms with van der Waals surface area (Å²) in [6.45, 7) is 2.57. The second-order valence-corrected chi connectivity index (χ2v) is 2.45. The Morgan fingerprint density at radius 3 is 2.36 bits per heavy atom. The third-order valence-corrected chi connectivity index (χ3v) is 1.45. The SMILES string of the molecule is CCNC(=O)[B]c1ccccc1.O.O. The summed E-state index contributed by atoms with van der Waals surface area (Å²) in [7, 11) is 1.59. The maximum absolute atomic E-state index is 11.0. The standard InChI is InChI=1S/C9H11BNO.2H2O/c1-2-11-9(12)10-8-6-4-3-5-7-8;;/h3-7H,2H2,1H3,(H,11,12);2*1H2. The quantitative estimate of drug-likeness (QED) is 0.623. The monoisotopic (exact) mass is 196 g/mol. The van der Waals surface area contributed by atoms with Gasteiger partial charge in [0.15, 0.2) is 5.81 Å². The van der Waals surface area contributed by atoms with Crippen molar-refractivity contribution in [1.29, 1.82) is 0 Å². The van der Waals surface area contributed by atoms with E-state index in [4.69, 9.17) is 0 Å². The summed E-state index contributed by atoms with van der Waals surface area (Å²) in [6, 6.07) is 9.54. The zero-order chi connectivity index (χ0) is 8.81. The molecule has 5 N–H and O–H groups in total. The molecule has 1 aromatic rings. The van der Waals surface area contributed by atoms with Crippen molar-refractivity contribution in [3.8, 4) is 0 Å². The fraction of sp³-hybridized carbons (Fsp3) is 0.222. The van der Waals surface area contributed by atoms with Gasteiger partial charge in [0.05, 0.1) is 0 Å². The first-order valence-electron chi connectivity index (χ1n) is 4.00. The molecule has 0 aromatic heterocycles. The summed E-state index contributed by atoms with van der Waals surface area (Å²) < 4.78 is 0. The number of carbonyl (C=O) groups is 1. The first-order valence-corrected chi connectivity index (χ1v) is 4.00. The molecule has 1 aromatic carbocycles. The predicted octanol–water partition coefficient (Wildman–Crippen LogP) is -0.904. The highest BCUT2D eigenvalue weighted by molar-refractivity contribution is 6.83. The fourth-order valence-corrected chi connectivity index (χ4v) is 0.926. The largest absolute Gasteiger partial charge is 0.412 e. The average molecular weight is 196 g/mol. The second-order valence-electron chi connectivity index (χ2n) is 2.45. The van der Waals surface area contributed by atoms with Gasteiger partial charge in [0, 0.05) is 6.54 Å². The van der Waals surface area contributed by atoms with Gasteiger partial charge in [-0.3, -0.25) is 4.79 Å². The van der Waals surface area contributed by atoms with Crippen LogP contribution in [0.3, 0.4) is 0 Å². The molecule has 0 saturated heterocycles. The Balaban J connectivity index is 0. The zero-order valence-electron chi connectivity index (χ0n) is 8.08. The van der Waals surface area contributed by atoms with Crippen LogP contribution in [0.25, 0.3) is 0 Å². The lowest BCUT2D eigenvalue weighted by Crippen LogP contribution is -2.33. The number of hydrogen-bond acceptors (Lipinski definition) is 1. The molecule has 0 bridgehead atoms. The normalized spacial score (nSPS) is 7.79. The molecule has 77 valence electrons. The first kappa shape index (κ1) is 15.2. The Kier molecular flexibility index (Phi) is 8.97. The summed E-state index contributed by atoms with van der Waals surface area (Å²) in [5.41, 5.74) is 0.934. The van der Waals surface area contributed by atoms with Crippen molar-refractivity contribution in [3.63, 3.8) is 0 Å². The molecule has 4 nitrogen and oxygen atoms in total. The molecule has 0 spiro atoms. The van der Waals surface area contributed by atoms with Gasteiger partial charge in [-0.1, -0.05) is 35.8 Å². The Morgan fingerprint density at radius 1 is 1.29 bits per heavy atom. The zero-order valence-corrected chi connectivity index (χ0v) is 8.08. The van der Waals surface area contributed by atoms with Gasteiger partial charge >= 0.3 is 0 Å². The Hall–Kier alpha value is -1.33. The number of rotatable bonds is 3. The molecule has 0 atom stereocenters. The van der Waals surface area contributed by atoms with Gasteiger partial charge in [0.1, 0.15) is 0 Å². The van der Waals surface area contributed by atoms with Crippen molar-refractivity contribution in [2.45, 2.75) is 6.92 Å². The van der Waals surface area contributed by atoms with E-state index in [1.807, 2.05) is 37.3 Å². The van der Waals surface area contributed by atoms with Crippen molar-refractivity contribution < 1.29 is 15.7 Å². The number of nitrogens with one attached hydrogen (secondary N) is 1. The maximum Gasteiger partial charge on any atom is 0.271 e. The van der Waals surface area contributed by atoms with Crippen LogP contribution in [0.4, 0.5) is 4.79 Å². The van der Waals surface area contributed by atoms with Crippen LogP contribution < -0.4 is 10.8 Å². The number of benzene rings is 1. The minimum Gasteiger partial charge on any atom is -0.412 e. The van der Waals surface area contributed by atoms with E-state index in [1.54, 1.807) is 7.28 Å². The molecule has 1 radical (unpaired) electrons. The second kappa shape index (κ2) is 8.28. The summed E-state index contributed by atoms with van der Waals surface area (Å²) in [6.07, 6.45) is 0. The summed E-state index contributed by atoms with van der Waals surface area (Å²) >= 11 is 0. The van der Waals surface area contributed by atoms with Crippen molar-refractivity contribution in [2.75, 3.05) is 6.54 Å². The third kappa shape index (κ3) is 5.34. The van der Waals surface area contributed by atoms with Gasteiger partial charge in [-0.2, -0.15) is 0 Å².